The van der Waals surface area contributed by atoms with Crippen molar-refractivity contribution in [3.63, 3.8) is 0 Å². The Labute approximate surface area is 465 Å². The first kappa shape index (κ1) is 50.5. The number of aryl methyl sites for hydroxylation is 1. The molecule has 3 heterocycles. The molecule has 4 aliphatic rings. The Morgan fingerprint density at radius 3 is 1.64 bits per heavy atom. The van der Waals surface area contributed by atoms with Gasteiger partial charge in [-0.1, -0.05) is 182 Å². The van der Waals surface area contributed by atoms with Crippen molar-refractivity contribution in [2.45, 2.75) is 162 Å². The van der Waals surface area contributed by atoms with Crippen molar-refractivity contribution in [3.8, 4) is 0 Å². The van der Waals surface area contributed by atoms with Gasteiger partial charge in [-0.15, -0.1) is 0 Å². The van der Waals surface area contributed by atoms with E-state index < -0.39 is 0 Å². The van der Waals surface area contributed by atoms with Crippen molar-refractivity contribution >= 4 is 96.2 Å². The molecular formula is C73H78BN3O. The van der Waals surface area contributed by atoms with E-state index in [4.69, 9.17) is 4.42 Å². The summed E-state index contributed by atoms with van der Waals surface area (Å²) in [5.41, 5.74) is 24.6. The topological polar surface area (TPSA) is 22.9 Å². The van der Waals surface area contributed by atoms with Crippen LogP contribution in [0.2, 0.25) is 0 Å². The minimum Gasteiger partial charge on any atom is -0.468 e. The van der Waals surface area contributed by atoms with E-state index in [0.717, 1.165) is 64.3 Å². The predicted octanol–water partition coefficient (Wildman–Crippen LogP) is 18.7. The molecule has 2 aliphatic heterocycles. The van der Waals surface area contributed by atoms with Gasteiger partial charge in [-0.2, -0.15) is 0 Å². The molecule has 2 aliphatic carbocycles. The predicted molar refractivity (Wildman–Crippen MR) is 335 cm³/mol. The third kappa shape index (κ3) is 7.75. The number of rotatable bonds is 5. The van der Waals surface area contributed by atoms with Gasteiger partial charge in [-0.05, 0) is 187 Å². The van der Waals surface area contributed by atoms with Gasteiger partial charge in [-0.25, -0.2) is 0 Å². The lowest BCUT2D eigenvalue weighted by atomic mass is 9.35. The van der Waals surface area contributed by atoms with Crippen LogP contribution >= 0.6 is 0 Å². The van der Waals surface area contributed by atoms with Crippen LogP contribution in [0.15, 0.2) is 156 Å². The molecule has 4 nitrogen and oxygen atoms in total. The molecule has 8 aromatic carbocycles. The van der Waals surface area contributed by atoms with Crippen LogP contribution in [0.5, 0.6) is 0 Å². The zero-order chi connectivity index (χ0) is 54.8. The number of anilines is 9. The molecule has 0 unspecified atom stereocenters. The number of hydrogen-bond acceptors (Lipinski definition) is 4. The Balaban J connectivity index is 1.22. The number of hydrogen-bond donors (Lipinski definition) is 0. The zero-order valence-corrected chi connectivity index (χ0v) is 49.1. The summed E-state index contributed by atoms with van der Waals surface area (Å²) < 4.78 is 7.61. The van der Waals surface area contributed by atoms with Gasteiger partial charge < -0.3 is 19.1 Å². The van der Waals surface area contributed by atoms with Crippen molar-refractivity contribution in [2.24, 2.45) is 0 Å². The Hall–Kier alpha value is -6.98. The fraction of sp³-hybridized carbons (Fsp3) is 0.342. The molecule has 0 atom stereocenters. The van der Waals surface area contributed by atoms with Gasteiger partial charge in [0.2, 0.25) is 0 Å². The molecule has 13 rings (SSSR count). The highest BCUT2D eigenvalue weighted by Gasteiger charge is 2.50. The van der Waals surface area contributed by atoms with E-state index in [-0.39, 0.29) is 39.2 Å². The molecular weight excluding hydrogens is 946 g/mol. The van der Waals surface area contributed by atoms with Gasteiger partial charge in [0.1, 0.15) is 5.58 Å². The fourth-order valence-corrected chi connectivity index (χ4v) is 14.1. The van der Waals surface area contributed by atoms with Gasteiger partial charge in [0.15, 0.2) is 0 Å². The average Bonchev–Trinajstić information content (AvgIpc) is 3.97. The van der Waals surface area contributed by atoms with Crippen LogP contribution < -0.4 is 31.3 Å². The van der Waals surface area contributed by atoms with Crippen LogP contribution in [0.3, 0.4) is 0 Å². The van der Waals surface area contributed by atoms with Crippen molar-refractivity contribution in [2.75, 3.05) is 14.7 Å². The maximum atomic E-state index is 7.61. The first-order chi connectivity index (χ1) is 36.8. The second-order valence-electron chi connectivity index (χ2n) is 28.4. The van der Waals surface area contributed by atoms with Gasteiger partial charge in [-0.3, -0.25) is 0 Å². The molecule has 0 N–H and O–H groups in total. The minimum atomic E-state index is -0.205. The van der Waals surface area contributed by atoms with Gasteiger partial charge in [0.05, 0.1) is 22.7 Å². The second-order valence-corrected chi connectivity index (χ2v) is 28.4. The molecule has 0 fully saturated rings. The lowest BCUT2D eigenvalue weighted by Gasteiger charge is -2.48. The lowest BCUT2D eigenvalue weighted by molar-refractivity contribution is 0.331. The molecule has 1 aromatic heterocycles. The zero-order valence-electron chi connectivity index (χ0n) is 49.1. The standard InChI is InChI=1S/C73H78BN3O/c1-45-38-54-56(72(12,13)36-34-70(54,8)9)43-60(45)77-61-44-57-55(71(10,11)35-37-73(57,14)15)42-58(61)74-65-62(40-51(41-63(65)77)75(49-24-17-16-18-25-49)59-27-21-23-46-22-19-20-26-52(46)59)76(50-31-28-47(29-32-50)68(2,3)4)66-53-39-48(69(5,6)7)30-33-64(53)78-67(66)74/h16-33,38-44H,34-37H2,1-15H3. The van der Waals surface area contributed by atoms with Crippen LogP contribution in [-0.2, 0) is 32.5 Å². The first-order valence-corrected chi connectivity index (χ1v) is 29.0. The molecule has 0 saturated heterocycles. The summed E-state index contributed by atoms with van der Waals surface area (Å²) in [4.78, 5) is 7.83. The second kappa shape index (κ2) is 17.0. The Morgan fingerprint density at radius 1 is 0.474 bits per heavy atom. The SMILES string of the molecule is Cc1cc2c(cc1N1c3cc4c(cc3B3c5oc6ccc(C(C)(C)C)cc6c5N(c5ccc(C(C)(C)C)cc5)c5cc(N(c6ccccc6)c6cccc7ccccc67)cc1c53)C(C)(C)CCC4(C)C)C(C)(C)CCC2(C)C. The molecule has 9 aromatic rings. The highest BCUT2D eigenvalue weighted by atomic mass is 16.3. The molecule has 394 valence electrons. The fourth-order valence-electron chi connectivity index (χ4n) is 14.1. The molecule has 0 radical (unpaired) electrons. The minimum absolute atomic E-state index is 0.00117. The summed E-state index contributed by atoms with van der Waals surface area (Å²) in [6.07, 6.45) is 4.57. The van der Waals surface area contributed by atoms with E-state index >= 15 is 0 Å². The summed E-state index contributed by atoms with van der Waals surface area (Å²) >= 11 is 0. The lowest BCUT2D eigenvalue weighted by Crippen LogP contribution is -2.61. The highest BCUT2D eigenvalue weighted by molar-refractivity contribution is 7.00. The third-order valence-electron chi connectivity index (χ3n) is 19.2. The summed E-state index contributed by atoms with van der Waals surface area (Å²) in [6.45, 7) is 35.9. The molecule has 0 spiro atoms. The van der Waals surface area contributed by atoms with Gasteiger partial charge in [0, 0.05) is 44.9 Å². The van der Waals surface area contributed by atoms with Crippen LogP contribution in [-0.4, -0.2) is 6.71 Å². The Bertz CT molecular complexity index is 3910. The van der Waals surface area contributed by atoms with Crippen LogP contribution in [0, 0.1) is 6.92 Å². The Kier molecular flexibility index (Phi) is 11.0. The largest absolute Gasteiger partial charge is 0.468 e. The van der Waals surface area contributed by atoms with Crippen molar-refractivity contribution in [1.82, 2.24) is 0 Å². The normalized spacial score (nSPS) is 17.6. The molecule has 0 saturated carbocycles. The van der Waals surface area contributed by atoms with Crippen molar-refractivity contribution < 1.29 is 4.42 Å². The summed E-state index contributed by atoms with van der Waals surface area (Å²) in [5.74, 6) is 0. The van der Waals surface area contributed by atoms with E-state index in [0.29, 0.717) is 0 Å². The number of para-hydroxylation sites is 1. The summed E-state index contributed by atoms with van der Waals surface area (Å²) in [7, 11) is 0. The monoisotopic (exact) mass is 1020 g/mol. The van der Waals surface area contributed by atoms with E-state index in [2.05, 4.69) is 270 Å². The molecule has 5 heteroatoms. The van der Waals surface area contributed by atoms with Crippen molar-refractivity contribution in [3.05, 3.63) is 191 Å². The van der Waals surface area contributed by atoms with Crippen LogP contribution in [0.1, 0.15) is 162 Å². The number of furan rings is 1. The number of benzene rings is 8. The highest BCUT2D eigenvalue weighted by Crippen LogP contribution is 2.56. The molecule has 0 bridgehead atoms. The van der Waals surface area contributed by atoms with Gasteiger partial charge >= 0.3 is 0 Å². The van der Waals surface area contributed by atoms with E-state index in [1.165, 1.54) is 89.8 Å². The maximum Gasteiger partial charge on any atom is 0.297 e. The molecule has 78 heavy (non-hydrogen) atoms. The van der Waals surface area contributed by atoms with Crippen LogP contribution in [0.25, 0.3) is 21.7 Å². The maximum absolute atomic E-state index is 7.61. The quantitative estimate of drug-likeness (QED) is 0.160. The van der Waals surface area contributed by atoms with Crippen LogP contribution in [0.4, 0.5) is 51.2 Å². The van der Waals surface area contributed by atoms with E-state index in [1.807, 2.05) is 0 Å². The third-order valence-corrected chi connectivity index (χ3v) is 19.2. The summed E-state index contributed by atoms with van der Waals surface area (Å²) in [6, 6.07) is 58.6. The first-order valence-electron chi connectivity index (χ1n) is 29.0. The number of nitrogens with zero attached hydrogens (tertiary/aromatic N) is 3. The Morgan fingerprint density at radius 2 is 1.01 bits per heavy atom. The van der Waals surface area contributed by atoms with Gasteiger partial charge in [0.25, 0.3) is 6.71 Å². The van der Waals surface area contributed by atoms with Crippen molar-refractivity contribution in [1.29, 1.82) is 0 Å². The summed E-state index contributed by atoms with van der Waals surface area (Å²) in [5, 5.41) is 3.55. The van der Waals surface area contributed by atoms with E-state index in [1.54, 1.807) is 0 Å². The smallest absolute Gasteiger partial charge is 0.297 e. The molecule has 0 amide bonds. The average molecular weight is 1020 g/mol. The number of fused-ring (bicyclic) bond motifs is 9. The van der Waals surface area contributed by atoms with E-state index in [9.17, 15) is 0 Å².